The highest BCUT2D eigenvalue weighted by Crippen LogP contribution is 2.38. The van der Waals surface area contributed by atoms with E-state index in [0.717, 1.165) is 17.7 Å². The molecule has 1 unspecified atom stereocenters. The number of halogens is 6. The molecule has 0 aliphatic carbocycles. The number of nitrogens with one attached hydrogen (secondary N) is 2. The zero-order chi connectivity index (χ0) is 28.1. The van der Waals surface area contributed by atoms with Crippen molar-refractivity contribution in [2.24, 2.45) is 0 Å². The summed E-state index contributed by atoms with van der Waals surface area (Å²) in [5.41, 5.74) is -2.52. The van der Waals surface area contributed by atoms with E-state index in [0.29, 0.717) is 18.2 Å². The van der Waals surface area contributed by atoms with Gasteiger partial charge in [-0.2, -0.15) is 26.3 Å². The molecule has 0 radical (unpaired) electrons. The third-order valence-electron chi connectivity index (χ3n) is 5.58. The Hall–Kier alpha value is -4.09. The minimum atomic E-state index is -4.86. The summed E-state index contributed by atoms with van der Waals surface area (Å²) in [6.07, 6.45) is -10.4. The monoisotopic (exact) mass is 539 g/mol. The van der Waals surface area contributed by atoms with Crippen molar-refractivity contribution < 1.29 is 41.0 Å². The van der Waals surface area contributed by atoms with E-state index in [4.69, 9.17) is 5.11 Å². The minimum Gasteiger partial charge on any atom is -0.481 e. The number of carboxylic acids is 1. The molecule has 3 rings (SSSR count). The maximum Gasteiger partial charge on any atom is 0.416 e. The van der Waals surface area contributed by atoms with Crippen LogP contribution in [0.3, 0.4) is 0 Å². The fraction of sp³-hybridized carbons (Fsp3) is 0.269. The Labute approximate surface area is 213 Å². The third-order valence-corrected chi connectivity index (χ3v) is 5.58. The van der Waals surface area contributed by atoms with Gasteiger partial charge in [-0.3, -0.25) is 9.78 Å². The van der Waals surface area contributed by atoms with Crippen LogP contribution in [0.4, 0.5) is 31.1 Å². The molecule has 12 heteroatoms. The molecule has 1 heterocycles. The molecule has 1 atom stereocenters. The number of aliphatic carboxylic acids is 1. The smallest absolute Gasteiger partial charge is 0.416 e. The number of carbonyl (C=O) groups excluding carboxylic acids is 1. The summed E-state index contributed by atoms with van der Waals surface area (Å²) in [5.74, 6) is -1.43. The SMILES string of the molecule is CCC(NC(=O)NCc1ccccc1)c1cc(C(F)(F)F)ccc1-c1cc(C(F)(F)F)cc(CC(=O)O)n1. The van der Waals surface area contributed by atoms with Gasteiger partial charge in [0.2, 0.25) is 0 Å². The number of carbonyl (C=O) groups is 2. The molecule has 202 valence electrons. The number of amides is 2. The zero-order valence-corrected chi connectivity index (χ0v) is 20.0. The van der Waals surface area contributed by atoms with E-state index in [9.17, 15) is 35.9 Å². The molecule has 6 nitrogen and oxygen atoms in total. The maximum atomic E-state index is 13.6. The van der Waals surface area contributed by atoms with E-state index < -0.39 is 53.6 Å². The summed E-state index contributed by atoms with van der Waals surface area (Å²) in [6.45, 7) is 1.72. The van der Waals surface area contributed by atoms with Crippen LogP contribution < -0.4 is 10.6 Å². The van der Waals surface area contributed by atoms with Crippen molar-refractivity contribution in [1.82, 2.24) is 15.6 Å². The van der Waals surface area contributed by atoms with Crippen LogP contribution in [-0.2, 0) is 30.1 Å². The molecule has 2 amide bonds. The van der Waals surface area contributed by atoms with Gasteiger partial charge in [0, 0.05) is 12.1 Å². The van der Waals surface area contributed by atoms with Crippen molar-refractivity contribution in [3.8, 4) is 11.3 Å². The predicted octanol–water partition coefficient (Wildman–Crippen LogP) is 6.36. The van der Waals surface area contributed by atoms with E-state index in [-0.39, 0.29) is 29.8 Å². The van der Waals surface area contributed by atoms with E-state index >= 15 is 0 Å². The number of carboxylic acid groups (broad SMARTS) is 1. The standard InChI is InChI=1S/C26H23F6N3O3/c1-2-21(35-24(38)33-14-15-6-4-3-5-7-15)20-11-16(25(27,28)29)8-9-19(20)22-12-17(26(30,31)32)10-18(34-22)13-23(36)37/h3-12,21H,2,13-14H2,1H3,(H,36,37)(H2,33,35,38). The lowest BCUT2D eigenvalue weighted by molar-refractivity contribution is -0.138. The summed E-state index contributed by atoms with van der Waals surface area (Å²) in [7, 11) is 0. The molecule has 0 spiro atoms. The first-order chi connectivity index (χ1) is 17.8. The van der Waals surface area contributed by atoms with Gasteiger partial charge in [0.05, 0.1) is 35.0 Å². The summed E-state index contributed by atoms with van der Waals surface area (Å²) < 4.78 is 81.3. The normalized spacial score (nSPS) is 12.6. The Morgan fingerprint density at radius 2 is 1.58 bits per heavy atom. The molecule has 3 N–H and O–H groups in total. The quantitative estimate of drug-likeness (QED) is 0.291. The fourth-order valence-electron chi connectivity index (χ4n) is 3.78. The van der Waals surface area contributed by atoms with E-state index in [2.05, 4.69) is 15.6 Å². The molecule has 0 saturated heterocycles. The molecule has 2 aromatic carbocycles. The highest BCUT2D eigenvalue weighted by Gasteiger charge is 2.34. The van der Waals surface area contributed by atoms with Gasteiger partial charge < -0.3 is 15.7 Å². The van der Waals surface area contributed by atoms with Crippen LogP contribution in [0.25, 0.3) is 11.3 Å². The van der Waals surface area contributed by atoms with Gasteiger partial charge >= 0.3 is 24.4 Å². The molecule has 1 aromatic heterocycles. The molecular weight excluding hydrogens is 516 g/mol. The Morgan fingerprint density at radius 1 is 0.921 bits per heavy atom. The minimum absolute atomic E-state index is 0.0913. The van der Waals surface area contributed by atoms with E-state index in [1.165, 1.54) is 0 Å². The third kappa shape index (κ3) is 7.46. The number of hydrogen-bond acceptors (Lipinski definition) is 3. The summed E-state index contributed by atoms with van der Waals surface area (Å²) in [5, 5.41) is 14.2. The number of hydrogen-bond donors (Lipinski definition) is 3. The number of pyridine rings is 1. The predicted molar refractivity (Wildman–Crippen MR) is 126 cm³/mol. The molecule has 0 saturated carbocycles. The summed E-state index contributed by atoms with van der Waals surface area (Å²) in [4.78, 5) is 27.7. The van der Waals surface area contributed by atoms with Gasteiger partial charge in [0.25, 0.3) is 0 Å². The molecule has 0 aliphatic rings. The second-order valence-corrected chi connectivity index (χ2v) is 8.37. The average Bonchev–Trinajstić information content (AvgIpc) is 2.84. The number of nitrogens with zero attached hydrogens (tertiary/aromatic N) is 1. The van der Waals surface area contributed by atoms with Crippen LogP contribution in [0.5, 0.6) is 0 Å². The van der Waals surface area contributed by atoms with Gasteiger partial charge in [-0.25, -0.2) is 4.79 Å². The van der Waals surface area contributed by atoms with Gasteiger partial charge in [0.15, 0.2) is 0 Å². The summed E-state index contributed by atoms with van der Waals surface area (Å²) >= 11 is 0. The Kier molecular flexibility index (Phi) is 8.64. The van der Waals surface area contributed by atoms with Crippen molar-refractivity contribution in [3.63, 3.8) is 0 Å². The topological polar surface area (TPSA) is 91.3 Å². The van der Waals surface area contributed by atoms with E-state index in [1.807, 2.05) is 0 Å². The number of urea groups is 1. The number of benzene rings is 2. The first-order valence-corrected chi connectivity index (χ1v) is 11.4. The second-order valence-electron chi connectivity index (χ2n) is 8.37. The van der Waals surface area contributed by atoms with Crippen LogP contribution in [-0.4, -0.2) is 22.1 Å². The molecule has 3 aromatic rings. The molecule has 0 fully saturated rings. The molecular formula is C26H23F6N3O3. The van der Waals surface area contributed by atoms with Crippen LogP contribution in [0, 0.1) is 0 Å². The van der Waals surface area contributed by atoms with Gasteiger partial charge in [-0.15, -0.1) is 0 Å². The van der Waals surface area contributed by atoms with Crippen LogP contribution in [0.1, 0.15) is 47.3 Å². The Morgan fingerprint density at radius 3 is 2.16 bits per heavy atom. The van der Waals surface area contributed by atoms with Crippen molar-refractivity contribution >= 4 is 12.0 Å². The van der Waals surface area contributed by atoms with Gasteiger partial charge in [-0.1, -0.05) is 43.3 Å². The zero-order valence-electron chi connectivity index (χ0n) is 20.0. The molecule has 38 heavy (non-hydrogen) atoms. The highest BCUT2D eigenvalue weighted by atomic mass is 19.4. The number of alkyl halides is 6. The second kappa shape index (κ2) is 11.5. The van der Waals surface area contributed by atoms with Crippen molar-refractivity contribution in [3.05, 3.63) is 88.6 Å². The largest absolute Gasteiger partial charge is 0.481 e. The average molecular weight is 539 g/mol. The van der Waals surface area contributed by atoms with Gasteiger partial charge in [0.1, 0.15) is 0 Å². The van der Waals surface area contributed by atoms with Crippen LogP contribution in [0.2, 0.25) is 0 Å². The highest BCUT2D eigenvalue weighted by molar-refractivity contribution is 5.76. The van der Waals surface area contributed by atoms with Crippen molar-refractivity contribution in [2.45, 2.75) is 44.7 Å². The first-order valence-electron chi connectivity index (χ1n) is 11.4. The molecule has 0 aliphatic heterocycles. The van der Waals surface area contributed by atoms with Crippen molar-refractivity contribution in [2.75, 3.05) is 0 Å². The Bertz CT molecular complexity index is 1290. The number of aromatic nitrogens is 1. The molecule has 0 bridgehead atoms. The first kappa shape index (κ1) is 28.5. The summed E-state index contributed by atoms with van der Waals surface area (Å²) in [6, 6.07) is 10.7. The van der Waals surface area contributed by atoms with Crippen LogP contribution >= 0.6 is 0 Å². The lowest BCUT2D eigenvalue weighted by atomic mass is 9.93. The van der Waals surface area contributed by atoms with Gasteiger partial charge in [-0.05, 0) is 41.8 Å². The van der Waals surface area contributed by atoms with Crippen LogP contribution in [0.15, 0.2) is 60.7 Å². The van der Waals surface area contributed by atoms with Crippen molar-refractivity contribution in [1.29, 1.82) is 0 Å². The lowest BCUT2D eigenvalue weighted by Crippen LogP contribution is -2.37. The lowest BCUT2D eigenvalue weighted by Gasteiger charge is -2.23. The van der Waals surface area contributed by atoms with E-state index in [1.54, 1.807) is 37.3 Å². The Balaban J connectivity index is 2.05. The number of rotatable bonds is 8. The maximum absolute atomic E-state index is 13.6. The fourth-order valence-corrected chi connectivity index (χ4v) is 3.78.